The summed E-state index contributed by atoms with van der Waals surface area (Å²) >= 11 is 6.33. The third-order valence-corrected chi connectivity index (χ3v) is 3.59. The molecule has 19 heavy (non-hydrogen) atoms. The molecule has 0 saturated heterocycles. The third kappa shape index (κ3) is 3.14. The first-order valence-electron chi connectivity index (χ1n) is 6.45. The maximum Gasteiger partial charge on any atom is 0.138 e. The Bertz CT molecular complexity index is 550. The molecule has 4 nitrogen and oxygen atoms in total. The van der Waals surface area contributed by atoms with Gasteiger partial charge in [0.25, 0.3) is 0 Å². The number of nitrogens with zero attached hydrogens (tertiary/aromatic N) is 3. The number of aryl methyl sites for hydroxylation is 2. The minimum atomic E-state index is 0.141. The molecule has 0 fully saturated rings. The molecule has 1 unspecified atom stereocenters. The van der Waals surface area contributed by atoms with Crippen molar-refractivity contribution in [3.63, 3.8) is 0 Å². The molecular formula is C14H19ClN4. The van der Waals surface area contributed by atoms with Crippen LogP contribution in [0.1, 0.15) is 29.9 Å². The van der Waals surface area contributed by atoms with E-state index in [0.29, 0.717) is 0 Å². The molecule has 1 heterocycles. The van der Waals surface area contributed by atoms with E-state index in [-0.39, 0.29) is 6.04 Å². The largest absolute Gasteiger partial charge is 0.313 e. The zero-order valence-corrected chi connectivity index (χ0v) is 12.3. The lowest BCUT2D eigenvalue weighted by Gasteiger charge is -2.18. The minimum Gasteiger partial charge on any atom is -0.313 e. The fourth-order valence-electron chi connectivity index (χ4n) is 2.18. The molecule has 5 heteroatoms. The van der Waals surface area contributed by atoms with Crippen molar-refractivity contribution < 1.29 is 0 Å². The SMILES string of the molecule is CCn1ncnc1CC(NC)c1ccc(C)cc1Cl. The van der Waals surface area contributed by atoms with Gasteiger partial charge in [-0.1, -0.05) is 23.7 Å². The highest BCUT2D eigenvalue weighted by atomic mass is 35.5. The van der Waals surface area contributed by atoms with Crippen LogP contribution in [0, 0.1) is 6.92 Å². The predicted molar refractivity (Wildman–Crippen MR) is 77.4 cm³/mol. The van der Waals surface area contributed by atoms with Crippen molar-refractivity contribution in [2.75, 3.05) is 7.05 Å². The number of likely N-dealkylation sites (N-methyl/N-ethyl adjacent to an activating group) is 1. The topological polar surface area (TPSA) is 42.7 Å². The van der Waals surface area contributed by atoms with E-state index in [1.54, 1.807) is 6.33 Å². The lowest BCUT2D eigenvalue weighted by Crippen LogP contribution is -2.21. The van der Waals surface area contributed by atoms with Gasteiger partial charge in [0, 0.05) is 24.0 Å². The molecule has 1 N–H and O–H groups in total. The summed E-state index contributed by atoms with van der Waals surface area (Å²) < 4.78 is 1.91. The molecule has 102 valence electrons. The van der Waals surface area contributed by atoms with Crippen LogP contribution in [0.3, 0.4) is 0 Å². The van der Waals surface area contributed by atoms with Gasteiger partial charge < -0.3 is 5.32 Å². The van der Waals surface area contributed by atoms with Gasteiger partial charge in [0.15, 0.2) is 0 Å². The van der Waals surface area contributed by atoms with E-state index in [1.165, 1.54) is 5.56 Å². The highest BCUT2D eigenvalue weighted by molar-refractivity contribution is 6.31. The maximum absolute atomic E-state index is 6.33. The van der Waals surface area contributed by atoms with Gasteiger partial charge in [0.05, 0.1) is 0 Å². The summed E-state index contributed by atoms with van der Waals surface area (Å²) in [6.07, 6.45) is 2.37. The van der Waals surface area contributed by atoms with Gasteiger partial charge in [-0.3, -0.25) is 4.68 Å². The van der Waals surface area contributed by atoms with E-state index in [9.17, 15) is 0 Å². The van der Waals surface area contributed by atoms with E-state index in [4.69, 9.17) is 11.6 Å². The molecule has 1 aromatic carbocycles. The zero-order chi connectivity index (χ0) is 13.8. The van der Waals surface area contributed by atoms with E-state index in [0.717, 1.165) is 29.4 Å². The Balaban J connectivity index is 2.25. The van der Waals surface area contributed by atoms with Gasteiger partial charge in [-0.25, -0.2) is 4.98 Å². The van der Waals surface area contributed by atoms with Crippen molar-refractivity contribution >= 4 is 11.6 Å². The number of nitrogens with one attached hydrogen (secondary N) is 1. The molecule has 0 bridgehead atoms. The van der Waals surface area contributed by atoms with Crippen LogP contribution in [-0.2, 0) is 13.0 Å². The summed E-state index contributed by atoms with van der Waals surface area (Å²) in [5.74, 6) is 0.971. The fraction of sp³-hybridized carbons (Fsp3) is 0.429. The predicted octanol–water partition coefficient (Wildman–Crippen LogP) is 2.76. The van der Waals surface area contributed by atoms with E-state index in [2.05, 4.69) is 34.5 Å². The summed E-state index contributed by atoms with van der Waals surface area (Å²) in [6.45, 7) is 4.93. The molecule has 2 aromatic rings. The van der Waals surface area contributed by atoms with Crippen LogP contribution in [-0.4, -0.2) is 21.8 Å². The first-order valence-corrected chi connectivity index (χ1v) is 6.83. The van der Waals surface area contributed by atoms with Crippen LogP contribution < -0.4 is 5.32 Å². The number of rotatable bonds is 5. The lowest BCUT2D eigenvalue weighted by atomic mass is 10.0. The van der Waals surface area contributed by atoms with Crippen LogP contribution in [0.4, 0.5) is 0 Å². The Labute approximate surface area is 118 Å². The molecule has 0 aliphatic heterocycles. The zero-order valence-electron chi connectivity index (χ0n) is 11.5. The van der Waals surface area contributed by atoms with E-state index < -0.39 is 0 Å². The summed E-state index contributed by atoms with van der Waals surface area (Å²) in [4.78, 5) is 4.32. The molecule has 0 aliphatic carbocycles. The summed E-state index contributed by atoms with van der Waals surface area (Å²) in [5, 5.41) is 8.29. The van der Waals surface area contributed by atoms with Crippen LogP contribution in [0.15, 0.2) is 24.5 Å². The molecule has 0 radical (unpaired) electrons. The Morgan fingerprint density at radius 2 is 2.21 bits per heavy atom. The van der Waals surface area contributed by atoms with Crippen LogP contribution in [0.5, 0.6) is 0 Å². The van der Waals surface area contributed by atoms with Crippen molar-refractivity contribution in [3.8, 4) is 0 Å². The highest BCUT2D eigenvalue weighted by Gasteiger charge is 2.16. The van der Waals surface area contributed by atoms with E-state index >= 15 is 0 Å². The second-order valence-corrected chi connectivity index (χ2v) is 4.97. The number of hydrogen-bond acceptors (Lipinski definition) is 3. The highest BCUT2D eigenvalue weighted by Crippen LogP contribution is 2.26. The molecule has 0 aliphatic rings. The Kier molecular flexibility index (Phi) is 4.56. The number of aromatic nitrogens is 3. The molecular weight excluding hydrogens is 260 g/mol. The molecule has 1 atom stereocenters. The van der Waals surface area contributed by atoms with Crippen molar-refractivity contribution in [2.45, 2.75) is 32.9 Å². The van der Waals surface area contributed by atoms with Gasteiger partial charge in [0.2, 0.25) is 0 Å². The Morgan fingerprint density at radius 1 is 1.42 bits per heavy atom. The summed E-state index contributed by atoms with van der Waals surface area (Å²) in [5.41, 5.74) is 2.26. The third-order valence-electron chi connectivity index (χ3n) is 3.26. The van der Waals surface area contributed by atoms with Gasteiger partial charge in [-0.2, -0.15) is 5.10 Å². The lowest BCUT2D eigenvalue weighted by molar-refractivity contribution is 0.533. The van der Waals surface area contributed by atoms with Crippen molar-refractivity contribution in [3.05, 3.63) is 46.5 Å². The Hall–Kier alpha value is -1.39. The van der Waals surface area contributed by atoms with Crippen LogP contribution >= 0.6 is 11.6 Å². The normalized spacial score (nSPS) is 12.6. The first kappa shape index (κ1) is 14.0. The van der Waals surface area contributed by atoms with Gasteiger partial charge in [0.1, 0.15) is 12.2 Å². The average Bonchev–Trinajstić information content (AvgIpc) is 2.84. The smallest absolute Gasteiger partial charge is 0.138 e. The Morgan fingerprint density at radius 3 is 2.84 bits per heavy atom. The number of benzene rings is 1. The summed E-state index contributed by atoms with van der Waals surface area (Å²) in [7, 11) is 1.94. The summed E-state index contributed by atoms with van der Waals surface area (Å²) in [6, 6.07) is 6.29. The minimum absolute atomic E-state index is 0.141. The molecule has 0 saturated carbocycles. The van der Waals surface area contributed by atoms with Crippen molar-refractivity contribution in [1.29, 1.82) is 0 Å². The quantitative estimate of drug-likeness (QED) is 0.914. The average molecular weight is 279 g/mol. The first-order chi connectivity index (χ1) is 9.15. The van der Waals surface area contributed by atoms with Crippen molar-refractivity contribution in [2.24, 2.45) is 0 Å². The molecule has 2 rings (SSSR count). The van der Waals surface area contributed by atoms with Gasteiger partial charge in [-0.15, -0.1) is 0 Å². The van der Waals surface area contributed by atoms with Gasteiger partial charge >= 0.3 is 0 Å². The standard InChI is InChI=1S/C14H19ClN4/c1-4-19-14(17-9-18-19)8-13(16-3)11-6-5-10(2)7-12(11)15/h5-7,9,13,16H,4,8H2,1-3H3. The molecule has 1 aromatic heterocycles. The second kappa shape index (κ2) is 6.17. The number of halogens is 1. The maximum atomic E-state index is 6.33. The van der Waals surface area contributed by atoms with Crippen molar-refractivity contribution in [1.82, 2.24) is 20.1 Å². The van der Waals surface area contributed by atoms with Crippen LogP contribution in [0.2, 0.25) is 5.02 Å². The van der Waals surface area contributed by atoms with Gasteiger partial charge in [-0.05, 0) is 38.1 Å². The van der Waals surface area contributed by atoms with E-state index in [1.807, 2.05) is 24.7 Å². The van der Waals surface area contributed by atoms with Crippen LogP contribution in [0.25, 0.3) is 0 Å². The number of hydrogen-bond donors (Lipinski definition) is 1. The fourth-order valence-corrected chi connectivity index (χ4v) is 2.54. The molecule has 0 spiro atoms. The second-order valence-electron chi connectivity index (χ2n) is 4.56. The monoisotopic (exact) mass is 278 g/mol. The molecule has 0 amide bonds.